The molecule has 2 heterocycles. The Bertz CT molecular complexity index is 1060. The number of piperazine rings is 1. The van der Waals surface area contributed by atoms with Crippen molar-refractivity contribution in [3.63, 3.8) is 0 Å². The molecule has 1 N–H and O–H groups in total. The lowest BCUT2D eigenvalue weighted by atomic mass is 10.1. The van der Waals surface area contributed by atoms with Gasteiger partial charge in [-0.2, -0.15) is 0 Å². The van der Waals surface area contributed by atoms with Crippen molar-refractivity contribution in [2.75, 3.05) is 50.6 Å². The van der Waals surface area contributed by atoms with Gasteiger partial charge in [-0.3, -0.25) is 0 Å². The van der Waals surface area contributed by atoms with Gasteiger partial charge in [0, 0.05) is 55.6 Å². The van der Waals surface area contributed by atoms with Crippen molar-refractivity contribution in [2.24, 2.45) is 0 Å². The predicted molar refractivity (Wildman–Crippen MR) is 129 cm³/mol. The largest absolute Gasteiger partial charge is 0.497 e. The average Bonchev–Trinajstić information content (AvgIpc) is 2.88. The number of aromatic nitrogens is 2. The van der Waals surface area contributed by atoms with E-state index in [0.717, 1.165) is 23.5 Å². The molecule has 172 valence electrons. The smallest absolute Gasteiger partial charge is 0.321 e. The van der Waals surface area contributed by atoms with Crippen LogP contribution in [-0.2, 0) is 6.42 Å². The molecule has 33 heavy (non-hydrogen) atoms. The molecule has 1 aliphatic rings. The van der Waals surface area contributed by atoms with Gasteiger partial charge in [-0.15, -0.1) is 10.2 Å². The molecule has 3 aromatic rings. The molecule has 0 aliphatic carbocycles. The van der Waals surface area contributed by atoms with E-state index in [2.05, 4.69) is 51.6 Å². The minimum absolute atomic E-state index is 0.151. The number of nitrogens with one attached hydrogen (secondary N) is 1. The number of nitrogens with zero attached hydrogens (tertiary/aromatic N) is 4. The fourth-order valence-electron chi connectivity index (χ4n) is 3.78. The molecule has 8 heteroatoms. The SMILES string of the molecule is CCc1ccc(-c2ccc(N3CCN(C(=O)Nc4cc(OC)cc(OC)c4)CC3)nn2)cc1. The molecule has 1 saturated heterocycles. The van der Waals surface area contributed by atoms with Gasteiger partial charge in [0.15, 0.2) is 5.82 Å². The Labute approximate surface area is 194 Å². The number of hydrogen-bond acceptors (Lipinski definition) is 6. The molecule has 1 aliphatic heterocycles. The lowest BCUT2D eigenvalue weighted by Gasteiger charge is -2.35. The van der Waals surface area contributed by atoms with E-state index in [-0.39, 0.29) is 6.03 Å². The summed E-state index contributed by atoms with van der Waals surface area (Å²) in [5, 5.41) is 11.8. The highest BCUT2D eigenvalue weighted by Gasteiger charge is 2.22. The van der Waals surface area contributed by atoms with Crippen LogP contribution in [0.25, 0.3) is 11.3 Å². The monoisotopic (exact) mass is 447 g/mol. The van der Waals surface area contributed by atoms with E-state index in [4.69, 9.17) is 9.47 Å². The van der Waals surface area contributed by atoms with Crippen LogP contribution >= 0.6 is 0 Å². The Balaban J connectivity index is 1.34. The molecule has 4 rings (SSSR count). The summed E-state index contributed by atoms with van der Waals surface area (Å²) in [4.78, 5) is 16.7. The molecule has 8 nitrogen and oxygen atoms in total. The molecule has 1 aromatic heterocycles. The van der Waals surface area contributed by atoms with Gasteiger partial charge in [0.1, 0.15) is 11.5 Å². The maximum absolute atomic E-state index is 12.7. The van der Waals surface area contributed by atoms with Crippen LogP contribution in [0.4, 0.5) is 16.3 Å². The Morgan fingerprint density at radius 3 is 2.12 bits per heavy atom. The van der Waals surface area contributed by atoms with Crippen LogP contribution < -0.4 is 19.7 Å². The zero-order valence-electron chi connectivity index (χ0n) is 19.2. The van der Waals surface area contributed by atoms with Crippen LogP contribution in [0.15, 0.2) is 54.6 Å². The normalized spacial score (nSPS) is 13.5. The van der Waals surface area contributed by atoms with Crippen LogP contribution in [0.5, 0.6) is 11.5 Å². The Kier molecular flexibility index (Phi) is 6.92. The Morgan fingerprint density at radius 2 is 1.58 bits per heavy atom. The first-order chi connectivity index (χ1) is 16.1. The number of hydrogen-bond donors (Lipinski definition) is 1. The molecule has 2 aromatic carbocycles. The summed E-state index contributed by atoms with van der Waals surface area (Å²) < 4.78 is 10.5. The van der Waals surface area contributed by atoms with E-state index in [9.17, 15) is 4.79 Å². The van der Waals surface area contributed by atoms with E-state index in [1.807, 2.05) is 12.1 Å². The minimum Gasteiger partial charge on any atom is -0.497 e. The maximum atomic E-state index is 12.7. The van der Waals surface area contributed by atoms with E-state index < -0.39 is 0 Å². The number of benzene rings is 2. The molecule has 0 spiro atoms. The van der Waals surface area contributed by atoms with Gasteiger partial charge in [0.2, 0.25) is 0 Å². The molecule has 0 radical (unpaired) electrons. The maximum Gasteiger partial charge on any atom is 0.321 e. The number of urea groups is 1. The zero-order chi connectivity index (χ0) is 23.2. The summed E-state index contributed by atoms with van der Waals surface area (Å²) in [7, 11) is 3.16. The van der Waals surface area contributed by atoms with Crippen molar-refractivity contribution in [1.29, 1.82) is 0 Å². The standard InChI is InChI=1S/C25H29N5O3/c1-4-18-5-7-19(8-6-18)23-9-10-24(28-27-23)29-11-13-30(14-12-29)25(31)26-20-15-21(32-2)17-22(16-20)33-3/h5-10,15-17H,4,11-14H2,1-3H3,(H,26,31). The second kappa shape index (κ2) is 10.2. The summed E-state index contributed by atoms with van der Waals surface area (Å²) >= 11 is 0. The van der Waals surface area contributed by atoms with E-state index in [1.165, 1.54) is 5.56 Å². The predicted octanol–water partition coefficient (Wildman–Crippen LogP) is 4.08. The highest BCUT2D eigenvalue weighted by molar-refractivity contribution is 5.90. The summed E-state index contributed by atoms with van der Waals surface area (Å²) in [5.41, 5.74) is 3.85. The van der Waals surface area contributed by atoms with Gasteiger partial charge in [-0.1, -0.05) is 31.2 Å². The summed E-state index contributed by atoms with van der Waals surface area (Å²) in [6.45, 7) is 4.70. The van der Waals surface area contributed by atoms with Gasteiger partial charge in [0.25, 0.3) is 0 Å². The summed E-state index contributed by atoms with van der Waals surface area (Å²) in [6.07, 6.45) is 1.02. The van der Waals surface area contributed by atoms with Crippen molar-refractivity contribution in [3.8, 4) is 22.8 Å². The van der Waals surface area contributed by atoms with E-state index in [0.29, 0.717) is 43.4 Å². The van der Waals surface area contributed by atoms with Gasteiger partial charge in [-0.25, -0.2) is 4.79 Å². The van der Waals surface area contributed by atoms with Gasteiger partial charge < -0.3 is 24.6 Å². The summed E-state index contributed by atoms with van der Waals surface area (Å²) in [5.74, 6) is 2.07. The second-order valence-electron chi connectivity index (χ2n) is 7.83. The number of ether oxygens (including phenoxy) is 2. The number of rotatable bonds is 6. The topological polar surface area (TPSA) is 79.8 Å². The molecular weight excluding hydrogens is 418 g/mol. The van der Waals surface area contributed by atoms with Gasteiger partial charge in [-0.05, 0) is 24.1 Å². The van der Waals surface area contributed by atoms with Crippen molar-refractivity contribution >= 4 is 17.5 Å². The van der Waals surface area contributed by atoms with Crippen molar-refractivity contribution in [2.45, 2.75) is 13.3 Å². The quantitative estimate of drug-likeness (QED) is 0.613. The molecular formula is C25H29N5O3. The van der Waals surface area contributed by atoms with Crippen LogP contribution in [0.2, 0.25) is 0 Å². The van der Waals surface area contributed by atoms with E-state index >= 15 is 0 Å². The first-order valence-electron chi connectivity index (χ1n) is 11.1. The molecule has 0 unspecified atom stereocenters. The van der Waals surface area contributed by atoms with Crippen molar-refractivity contribution in [1.82, 2.24) is 15.1 Å². The molecule has 1 fully saturated rings. The summed E-state index contributed by atoms with van der Waals surface area (Å²) in [6, 6.07) is 17.5. The first kappa shape index (κ1) is 22.4. The molecule has 0 atom stereocenters. The highest BCUT2D eigenvalue weighted by Crippen LogP contribution is 2.26. The first-order valence-corrected chi connectivity index (χ1v) is 11.1. The Hall–Kier alpha value is -3.81. The van der Waals surface area contributed by atoms with Crippen LogP contribution in [0.1, 0.15) is 12.5 Å². The van der Waals surface area contributed by atoms with Crippen LogP contribution in [0.3, 0.4) is 0 Å². The van der Waals surface area contributed by atoms with Gasteiger partial charge >= 0.3 is 6.03 Å². The Morgan fingerprint density at radius 1 is 0.909 bits per heavy atom. The fraction of sp³-hybridized carbons (Fsp3) is 0.320. The fourth-order valence-corrected chi connectivity index (χ4v) is 3.78. The highest BCUT2D eigenvalue weighted by atomic mass is 16.5. The number of aryl methyl sites for hydroxylation is 1. The van der Waals surface area contributed by atoms with Crippen LogP contribution in [0, 0.1) is 0 Å². The lowest BCUT2D eigenvalue weighted by molar-refractivity contribution is 0.208. The van der Waals surface area contributed by atoms with E-state index in [1.54, 1.807) is 37.3 Å². The number of carbonyl (C=O) groups is 1. The van der Waals surface area contributed by atoms with Crippen LogP contribution in [-0.4, -0.2) is 61.5 Å². The average molecular weight is 448 g/mol. The number of methoxy groups -OCH3 is 2. The molecule has 2 amide bonds. The number of amides is 2. The third-order valence-corrected chi connectivity index (χ3v) is 5.80. The van der Waals surface area contributed by atoms with Gasteiger partial charge in [0.05, 0.1) is 19.9 Å². The minimum atomic E-state index is -0.151. The third kappa shape index (κ3) is 5.34. The number of anilines is 2. The zero-order valence-corrected chi connectivity index (χ0v) is 19.2. The second-order valence-corrected chi connectivity index (χ2v) is 7.83. The molecule has 0 saturated carbocycles. The number of carbonyl (C=O) groups excluding carboxylic acids is 1. The molecule has 0 bridgehead atoms. The van der Waals surface area contributed by atoms with Crippen molar-refractivity contribution in [3.05, 3.63) is 60.2 Å². The third-order valence-electron chi connectivity index (χ3n) is 5.80. The lowest BCUT2D eigenvalue weighted by Crippen LogP contribution is -2.50. The van der Waals surface area contributed by atoms with Crippen molar-refractivity contribution < 1.29 is 14.3 Å².